The zero-order valence-corrected chi connectivity index (χ0v) is 14.6. The van der Waals surface area contributed by atoms with Crippen molar-refractivity contribution < 1.29 is 9.90 Å². The Balaban J connectivity index is 1.46. The number of carbonyl (C=O) groups is 1. The van der Waals surface area contributed by atoms with Crippen LogP contribution in [-0.4, -0.2) is 56.0 Å². The maximum Gasteiger partial charge on any atom is 0.220 e. The lowest BCUT2D eigenvalue weighted by Crippen LogP contribution is -2.45. The fourth-order valence-electron chi connectivity index (χ4n) is 3.04. The monoisotopic (exact) mass is 344 g/mol. The van der Waals surface area contributed by atoms with Crippen molar-refractivity contribution in [2.45, 2.75) is 31.8 Å². The van der Waals surface area contributed by atoms with Gasteiger partial charge < -0.3 is 15.3 Å². The molecule has 0 saturated carbocycles. The van der Waals surface area contributed by atoms with E-state index in [4.69, 9.17) is 0 Å². The molecule has 2 aromatic heterocycles. The molecule has 1 amide bonds. The highest BCUT2D eigenvalue weighted by Gasteiger charge is 2.36. The minimum absolute atomic E-state index is 0.0605. The molecule has 0 unspecified atom stereocenters. The van der Waals surface area contributed by atoms with Crippen molar-refractivity contribution >= 4 is 11.7 Å². The second kappa shape index (κ2) is 7.18. The maximum absolute atomic E-state index is 12.1. The summed E-state index contributed by atoms with van der Waals surface area (Å²) in [6.07, 6.45) is 8.36. The van der Waals surface area contributed by atoms with E-state index >= 15 is 0 Å². The van der Waals surface area contributed by atoms with E-state index in [-0.39, 0.29) is 12.5 Å². The molecule has 1 atom stereocenters. The van der Waals surface area contributed by atoms with Crippen LogP contribution in [0.15, 0.2) is 24.8 Å². The third kappa shape index (κ3) is 4.14. The van der Waals surface area contributed by atoms with Crippen molar-refractivity contribution in [3.63, 3.8) is 0 Å². The normalized spacial score (nSPS) is 20.0. The van der Waals surface area contributed by atoms with Gasteiger partial charge in [-0.3, -0.25) is 14.5 Å². The molecule has 1 saturated heterocycles. The number of rotatable bonds is 6. The summed E-state index contributed by atoms with van der Waals surface area (Å²) in [4.78, 5) is 22.4. The fourth-order valence-corrected chi connectivity index (χ4v) is 3.04. The molecular weight excluding hydrogens is 320 g/mol. The average molecular weight is 344 g/mol. The average Bonchev–Trinajstić information content (AvgIpc) is 3.16. The van der Waals surface area contributed by atoms with Gasteiger partial charge in [0, 0.05) is 51.2 Å². The molecule has 0 radical (unpaired) electrons. The topological polar surface area (TPSA) is 96.2 Å². The number of hydrogen-bond donors (Lipinski definition) is 2. The molecule has 0 aliphatic carbocycles. The van der Waals surface area contributed by atoms with Gasteiger partial charge >= 0.3 is 0 Å². The molecule has 134 valence electrons. The molecule has 1 aliphatic heterocycles. The number of carbonyl (C=O) groups excluding carboxylic acids is 1. The van der Waals surface area contributed by atoms with Crippen LogP contribution in [-0.2, 0) is 18.3 Å². The molecule has 3 heterocycles. The summed E-state index contributed by atoms with van der Waals surface area (Å²) in [6.45, 7) is 3.37. The Labute approximate surface area is 146 Å². The minimum Gasteiger partial charge on any atom is -0.386 e. The van der Waals surface area contributed by atoms with Gasteiger partial charge in [0.2, 0.25) is 5.91 Å². The lowest BCUT2D eigenvalue weighted by atomic mass is 10.0. The third-order valence-electron chi connectivity index (χ3n) is 4.78. The summed E-state index contributed by atoms with van der Waals surface area (Å²) in [6, 6.07) is 0. The summed E-state index contributed by atoms with van der Waals surface area (Å²) in [5.41, 5.74) is 1.21. The highest BCUT2D eigenvalue weighted by molar-refractivity contribution is 5.76. The van der Waals surface area contributed by atoms with Gasteiger partial charge in [-0.05, 0) is 25.3 Å². The van der Waals surface area contributed by atoms with Crippen LogP contribution in [0.1, 0.15) is 24.1 Å². The molecule has 0 bridgehead atoms. The number of nitrogens with zero attached hydrogens (tertiary/aromatic N) is 5. The zero-order valence-electron chi connectivity index (χ0n) is 14.6. The third-order valence-corrected chi connectivity index (χ3v) is 4.78. The van der Waals surface area contributed by atoms with Crippen molar-refractivity contribution in [1.29, 1.82) is 0 Å². The molecule has 1 aliphatic rings. The number of anilines is 1. The van der Waals surface area contributed by atoms with Gasteiger partial charge in [-0.1, -0.05) is 0 Å². The number of aromatic nitrogens is 4. The van der Waals surface area contributed by atoms with Crippen LogP contribution in [0.2, 0.25) is 0 Å². The lowest BCUT2D eigenvalue weighted by molar-refractivity contribution is -0.122. The van der Waals surface area contributed by atoms with Gasteiger partial charge in [-0.15, -0.1) is 0 Å². The Morgan fingerprint density at radius 1 is 1.40 bits per heavy atom. The van der Waals surface area contributed by atoms with Crippen molar-refractivity contribution in [1.82, 2.24) is 25.1 Å². The molecule has 25 heavy (non-hydrogen) atoms. The molecule has 0 aromatic carbocycles. The van der Waals surface area contributed by atoms with Gasteiger partial charge in [-0.25, -0.2) is 4.98 Å². The Morgan fingerprint density at radius 3 is 2.92 bits per heavy atom. The predicted octanol–water partition coefficient (Wildman–Crippen LogP) is 0.209. The van der Waals surface area contributed by atoms with Gasteiger partial charge in [0.15, 0.2) is 0 Å². The summed E-state index contributed by atoms with van der Waals surface area (Å²) in [5.74, 6) is 0.687. The van der Waals surface area contributed by atoms with E-state index in [1.807, 2.05) is 18.9 Å². The quantitative estimate of drug-likeness (QED) is 0.778. The summed E-state index contributed by atoms with van der Waals surface area (Å²) in [5, 5.41) is 17.7. The van der Waals surface area contributed by atoms with Crippen LogP contribution in [0, 0.1) is 6.92 Å². The van der Waals surface area contributed by atoms with E-state index in [1.165, 1.54) is 0 Å². The maximum atomic E-state index is 12.1. The molecular formula is C17H24N6O2. The van der Waals surface area contributed by atoms with E-state index in [0.29, 0.717) is 32.4 Å². The number of nitrogens with one attached hydrogen (secondary N) is 1. The van der Waals surface area contributed by atoms with E-state index in [9.17, 15) is 9.90 Å². The van der Waals surface area contributed by atoms with E-state index in [0.717, 1.165) is 17.1 Å². The van der Waals surface area contributed by atoms with Crippen LogP contribution < -0.4 is 10.2 Å². The highest BCUT2D eigenvalue weighted by atomic mass is 16.3. The summed E-state index contributed by atoms with van der Waals surface area (Å²) < 4.78 is 1.80. The summed E-state index contributed by atoms with van der Waals surface area (Å²) >= 11 is 0. The Kier molecular flexibility index (Phi) is 4.98. The standard InChI is InChI=1S/C17H24N6O2/c1-13-14(9-21-22(13)2)3-4-16(24)20-11-17(25)5-8-23(12-17)15-10-18-6-7-19-15/h6-7,9-10,25H,3-5,8,11-12H2,1-2H3,(H,20,24)/t17-/m1/s1. The van der Waals surface area contributed by atoms with Crippen LogP contribution in [0.3, 0.4) is 0 Å². The van der Waals surface area contributed by atoms with Crippen molar-refractivity contribution in [2.24, 2.45) is 7.05 Å². The zero-order chi connectivity index (χ0) is 17.9. The van der Waals surface area contributed by atoms with Crippen LogP contribution >= 0.6 is 0 Å². The fraction of sp³-hybridized carbons (Fsp3) is 0.529. The number of hydrogen-bond acceptors (Lipinski definition) is 6. The SMILES string of the molecule is Cc1c(CCC(=O)NC[C@]2(O)CCN(c3cnccn3)C2)cnn1C. The molecule has 8 nitrogen and oxygen atoms in total. The molecule has 0 spiro atoms. The van der Waals surface area contributed by atoms with Crippen LogP contribution in [0.5, 0.6) is 0 Å². The number of aryl methyl sites for hydroxylation is 2. The van der Waals surface area contributed by atoms with Gasteiger partial charge in [0.1, 0.15) is 11.4 Å². The predicted molar refractivity (Wildman–Crippen MR) is 93.1 cm³/mol. The first-order valence-electron chi connectivity index (χ1n) is 8.44. The molecule has 1 fully saturated rings. The van der Waals surface area contributed by atoms with Crippen LogP contribution in [0.4, 0.5) is 5.82 Å². The number of amides is 1. The Hall–Kier alpha value is -2.48. The smallest absolute Gasteiger partial charge is 0.220 e. The number of β-amino-alcohol motifs (C(OH)–C–C–N with tert-alkyl or cyclic N) is 1. The number of aliphatic hydroxyl groups is 1. The lowest BCUT2D eigenvalue weighted by Gasteiger charge is -2.24. The first-order valence-corrected chi connectivity index (χ1v) is 8.44. The minimum atomic E-state index is -0.933. The van der Waals surface area contributed by atoms with Crippen molar-refractivity contribution in [2.75, 3.05) is 24.5 Å². The van der Waals surface area contributed by atoms with E-state index in [1.54, 1.807) is 29.5 Å². The highest BCUT2D eigenvalue weighted by Crippen LogP contribution is 2.24. The largest absolute Gasteiger partial charge is 0.386 e. The van der Waals surface area contributed by atoms with Gasteiger partial charge in [0.25, 0.3) is 0 Å². The van der Waals surface area contributed by atoms with Gasteiger partial charge in [0.05, 0.1) is 12.4 Å². The van der Waals surface area contributed by atoms with E-state index < -0.39 is 5.60 Å². The molecule has 2 aromatic rings. The Bertz CT molecular complexity index is 732. The summed E-state index contributed by atoms with van der Waals surface area (Å²) in [7, 11) is 1.89. The molecule has 3 rings (SSSR count). The Morgan fingerprint density at radius 2 is 2.24 bits per heavy atom. The van der Waals surface area contributed by atoms with Crippen LogP contribution in [0.25, 0.3) is 0 Å². The second-order valence-corrected chi connectivity index (χ2v) is 6.62. The second-order valence-electron chi connectivity index (χ2n) is 6.62. The first-order chi connectivity index (χ1) is 12.0. The van der Waals surface area contributed by atoms with Crippen molar-refractivity contribution in [3.8, 4) is 0 Å². The molecule has 2 N–H and O–H groups in total. The van der Waals surface area contributed by atoms with Crippen molar-refractivity contribution in [3.05, 3.63) is 36.0 Å². The van der Waals surface area contributed by atoms with Gasteiger partial charge in [-0.2, -0.15) is 5.10 Å². The molecule has 8 heteroatoms. The van der Waals surface area contributed by atoms with E-state index in [2.05, 4.69) is 20.4 Å². The first kappa shape index (κ1) is 17.3.